The lowest BCUT2D eigenvalue weighted by atomic mass is 9.94. The first-order valence-corrected chi connectivity index (χ1v) is 8.16. The normalized spacial score (nSPS) is 20.8. The minimum Gasteiger partial charge on any atom is -0.358 e. The Morgan fingerprint density at radius 2 is 2.08 bits per heavy atom. The van der Waals surface area contributed by atoms with E-state index in [1.807, 2.05) is 47.0 Å². The van der Waals surface area contributed by atoms with Crippen molar-refractivity contribution in [3.8, 4) is 5.82 Å². The molecule has 1 amide bonds. The highest BCUT2D eigenvalue weighted by Gasteiger charge is 2.28. The summed E-state index contributed by atoms with van der Waals surface area (Å²) < 4.78 is 1.95. The molecule has 1 aliphatic heterocycles. The molecule has 0 bridgehead atoms. The predicted octanol–water partition coefficient (Wildman–Crippen LogP) is 2.36. The van der Waals surface area contributed by atoms with Crippen molar-refractivity contribution in [2.75, 3.05) is 11.9 Å². The number of rotatable bonds is 3. The Labute approximate surface area is 139 Å². The monoisotopic (exact) mass is 321 g/mol. The van der Waals surface area contributed by atoms with Gasteiger partial charge in [0.05, 0.1) is 11.0 Å². The number of anilines is 1. The van der Waals surface area contributed by atoms with Crippen LogP contribution in [-0.4, -0.2) is 33.0 Å². The molecule has 0 spiro atoms. The fourth-order valence-corrected chi connectivity index (χ4v) is 3.10. The lowest BCUT2D eigenvalue weighted by molar-refractivity contribution is -0.124. The van der Waals surface area contributed by atoms with Crippen LogP contribution >= 0.6 is 0 Å². The molecule has 2 aromatic heterocycles. The lowest BCUT2D eigenvalue weighted by Crippen LogP contribution is -2.49. The van der Waals surface area contributed by atoms with Crippen LogP contribution < -0.4 is 10.6 Å². The van der Waals surface area contributed by atoms with Crippen LogP contribution in [0.4, 0.5) is 5.82 Å². The number of carbonyl (C=O) groups is 1. The summed E-state index contributed by atoms with van der Waals surface area (Å²) in [5, 5.41) is 6.18. The third-order valence-electron chi connectivity index (χ3n) is 4.49. The summed E-state index contributed by atoms with van der Waals surface area (Å²) in [4.78, 5) is 21.1. The molecule has 6 nitrogen and oxygen atoms in total. The van der Waals surface area contributed by atoms with E-state index in [-0.39, 0.29) is 17.9 Å². The molecule has 3 heterocycles. The smallest absolute Gasteiger partial charge is 0.242 e. The number of aromatic nitrogens is 3. The molecular weight excluding hydrogens is 302 g/mol. The van der Waals surface area contributed by atoms with Gasteiger partial charge in [-0.25, -0.2) is 9.97 Å². The largest absolute Gasteiger partial charge is 0.358 e. The quantitative estimate of drug-likeness (QED) is 0.777. The van der Waals surface area contributed by atoms with Gasteiger partial charge in [-0.05, 0) is 36.6 Å². The van der Waals surface area contributed by atoms with Crippen LogP contribution in [0.2, 0.25) is 0 Å². The molecule has 0 radical (unpaired) electrons. The molecule has 0 saturated carbocycles. The van der Waals surface area contributed by atoms with E-state index < -0.39 is 0 Å². The Morgan fingerprint density at radius 3 is 2.96 bits per heavy atom. The fourth-order valence-electron chi connectivity index (χ4n) is 3.10. The zero-order valence-electron chi connectivity index (χ0n) is 13.4. The van der Waals surface area contributed by atoms with Crippen LogP contribution in [0.3, 0.4) is 0 Å². The van der Waals surface area contributed by atoms with Crippen molar-refractivity contribution >= 4 is 22.8 Å². The van der Waals surface area contributed by atoms with Gasteiger partial charge < -0.3 is 10.6 Å². The molecule has 122 valence electrons. The number of nitrogens with zero attached hydrogens (tertiary/aromatic N) is 3. The van der Waals surface area contributed by atoms with Gasteiger partial charge in [0.1, 0.15) is 24.0 Å². The summed E-state index contributed by atoms with van der Waals surface area (Å²) in [6.45, 7) is 2.83. The summed E-state index contributed by atoms with van der Waals surface area (Å²) >= 11 is 0. The zero-order chi connectivity index (χ0) is 16.5. The molecule has 2 N–H and O–H groups in total. The van der Waals surface area contributed by atoms with E-state index in [9.17, 15) is 4.79 Å². The van der Waals surface area contributed by atoms with Gasteiger partial charge in [0.2, 0.25) is 5.91 Å². The molecule has 0 aliphatic carbocycles. The van der Waals surface area contributed by atoms with Crippen LogP contribution in [0, 0.1) is 5.92 Å². The van der Waals surface area contributed by atoms with Gasteiger partial charge >= 0.3 is 0 Å². The first kappa shape index (κ1) is 14.7. The molecule has 3 aromatic rings. The Kier molecular flexibility index (Phi) is 3.65. The van der Waals surface area contributed by atoms with Crippen molar-refractivity contribution < 1.29 is 4.79 Å². The van der Waals surface area contributed by atoms with Gasteiger partial charge in [-0.15, -0.1) is 0 Å². The number of imidazole rings is 1. The van der Waals surface area contributed by atoms with Crippen molar-refractivity contribution in [2.24, 2.45) is 5.92 Å². The van der Waals surface area contributed by atoms with E-state index in [0.29, 0.717) is 5.82 Å². The molecule has 2 atom stereocenters. The summed E-state index contributed by atoms with van der Waals surface area (Å²) in [6, 6.07) is 13.4. The predicted molar refractivity (Wildman–Crippen MR) is 93.1 cm³/mol. The molecular formula is C18H19N5O. The maximum absolute atomic E-state index is 12.1. The van der Waals surface area contributed by atoms with Gasteiger partial charge in [0.25, 0.3) is 0 Å². The Bertz CT molecular complexity index is 888. The first-order chi connectivity index (χ1) is 11.7. The molecule has 4 rings (SSSR count). The standard InChI is InChI=1S/C18H19N5O/c1-12-9-10-19-18(24)17(12)22-15-7-4-8-16(21-15)23-11-20-13-5-2-3-6-14(13)23/h2-8,11-12,17H,9-10H2,1H3,(H,19,24)(H,21,22). The molecule has 6 heteroatoms. The second kappa shape index (κ2) is 5.96. The fraction of sp³-hybridized carbons (Fsp3) is 0.278. The Balaban J connectivity index is 1.65. The van der Waals surface area contributed by atoms with Gasteiger partial charge in [-0.1, -0.05) is 25.1 Å². The number of para-hydroxylation sites is 2. The van der Waals surface area contributed by atoms with Crippen molar-refractivity contribution in [2.45, 2.75) is 19.4 Å². The minimum absolute atomic E-state index is 0.0361. The van der Waals surface area contributed by atoms with Crippen molar-refractivity contribution in [3.63, 3.8) is 0 Å². The van der Waals surface area contributed by atoms with Gasteiger partial charge in [-0.2, -0.15) is 0 Å². The summed E-state index contributed by atoms with van der Waals surface area (Å²) in [7, 11) is 0. The van der Waals surface area contributed by atoms with E-state index in [1.54, 1.807) is 6.33 Å². The molecule has 2 unspecified atom stereocenters. The highest BCUT2D eigenvalue weighted by molar-refractivity contribution is 5.85. The second-order valence-corrected chi connectivity index (χ2v) is 6.16. The molecule has 1 aliphatic rings. The molecule has 1 fully saturated rings. The van der Waals surface area contributed by atoms with Crippen LogP contribution in [0.15, 0.2) is 48.8 Å². The van der Waals surface area contributed by atoms with E-state index >= 15 is 0 Å². The van der Waals surface area contributed by atoms with E-state index in [1.165, 1.54) is 0 Å². The Hall–Kier alpha value is -2.89. The highest BCUT2D eigenvalue weighted by Crippen LogP contribution is 2.20. The number of hydrogen-bond donors (Lipinski definition) is 2. The number of benzene rings is 1. The average Bonchev–Trinajstić information content (AvgIpc) is 3.03. The number of pyridine rings is 1. The minimum atomic E-state index is -0.249. The number of amides is 1. The topological polar surface area (TPSA) is 71.8 Å². The van der Waals surface area contributed by atoms with E-state index in [4.69, 9.17) is 0 Å². The van der Waals surface area contributed by atoms with Gasteiger partial charge in [0, 0.05) is 6.54 Å². The van der Waals surface area contributed by atoms with E-state index in [0.717, 1.165) is 29.8 Å². The summed E-state index contributed by atoms with van der Waals surface area (Å²) in [6.07, 6.45) is 2.74. The number of nitrogens with one attached hydrogen (secondary N) is 2. The van der Waals surface area contributed by atoms with Crippen LogP contribution in [-0.2, 0) is 4.79 Å². The molecule has 24 heavy (non-hydrogen) atoms. The Morgan fingerprint density at radius 1 is 1.21 bits per heavy atom. The SMILES string of the molecule is CC1CCNC(=O)C1Nc1cccc(-n2cnc3ccccc32)n1. The van der Waals surface area contributed by atoms with Gasteiger partial charge in [0.15, 0.2) is 0 Å². The summed E-state index contributed by atoms with van der Waals surface area (Å²) in [5.41, 5.74) is 1.93. The third kappa shape index (κ3) is 2.60. The van der Waals surface area contributed by atoms with Crippen LogP contribution in [0.25, 0.3) is 16.9 Å². The number of hydrogen-bond acceptors (Lipinski definition) is 4. The van der Waals surface area contributed by atoms with E-state index in [2.05, 4.69) is 27.5 Å². The molecule has 1 aromatic carbocycles. The number of fused-ring (bicyclic) bond motifs is 1. The van der Waals surface area contributed by atoms with Crippen molar-refractivity contribution in [1.82, 2.24) is 19.9 Å². The average molecular weight is 321 g/mol. The highest BCUT2D eigenvalue weighted by atomic mass is 16.2. The van der Waals surface area contributed by atoms with Crippen LogP contribution in [0.5, 0.6) is 0 Å². The van der Waals surface area contributed by atoms with Crippen LogP contribution in [0.1, 0.15) is 13.3 Å². The third-order valence-corrected chi connectivity index (χ3v) is 4.49. The number of piperidine rings is 1. The maximum Gasteiger partial charge on any atom is 0.242 e. The lowest BCUT2D eigenvalue weighted by Gasteiger charge is -2.29. The van der Waals surface area contributed by atoms with Gasteiger partial charge in [-0.3, -0.25) is 9.36 Å². The number of carbonyl (C=O) groups excluding carboxylic acids is 1. The van der Waals surface area contributed by atoms with Crippen molar-refractivity contribution in [3.05, 3.63) is 48.8 Å². The first-order valence-electron chi connectivity index (χ1n) is 8.16. The zero-order valence-corrected chi connectivity index (χ0v) is 13.4. The summed E-state index contributed by atoms with van der Waals surface area (Å²) in [5.74, 6) is 1.78. The second-order valence-electron chi connectivity index (χ2n) is 6.16. The van der Waals surface area contributed by atoms with Crippen molar-refractivity contribution in [1.29, 1.82) is 0 Å². The maximum atomic E-state index is 12.1. The molecule has 1 saturated heterocycles.